The molecule has 1 N–H and O–H groups in total. The molecule has 1 heterocycles. The van der Waals surface area contributed by atoms with Gasteiger partial charge in [-0.25, -0.2) is 0 Å². The van der Waals surface area contributed by atoms with Crippen LogP contribution < -0.4 is 10.2 Å². The standard InChI is InChI=1S/C12H14ClN5/c1-18(2)12-16-10(13)15-11(17-12)14-8-9-6-4-3-5-7-9/h3-7H,8H2,1-2H3,(H,14,15,16,17). The van der Waals surface area contributed by atoms with Crippen molar-refractivity contribution >= 4 is 23.5 Å². The molecular weight excluding hydrogens is 250 g/mol. The van der Waals surface area contributed by atoms with Gasteiger partial charge in [-0.2, -0.15) is 15.0 Å². The highest BCUT2D eigenvalue weighted by atomic mass is 35.5. The molecule has 0 spiro atoms. The first kappa shape index (κ1) is 12.6. The Labute approximate surface area is 111 Å². The van der Waals surface area contributed by atoms with Gasteiger partial charge in [0.1, 0.15) is 0 Å². The van der Waals surface area contributed by atoms with Crippen LogP contribution in [0.15, 0.2) is 30.3 Å². The largest absolute Gasteiger partial charge is 0.350 e. The van der Waals surface area contributed by atoms with Crippen LogP contribution in [-0.2, 0) is 6.54 Å². The summed E-state index contributed by atoms with van der Waals surface area (Å²) in [6, 6.07) is 10.0. The van der Waals surface area contributed by atoms with Gasteiger partial charge in [0, 0.05) is 20.6 Å². The molecule has 2 aromatic rings. The van der Waals surface area contributed by atoms with Crippen LogP contribution in [0.3, 0.4) is 0 Å². The number of anilines is 2. The summed E-state index contributed by atoms with van der Waals surface area (Å²) in [5.41, 5.74) is 1.15. The van der Waals surface area contributed by atoms with Gasteiger partial charge in [-0.3, -0.25) is 0 Å². The smallest absolute Gasteiger partial charge is 0.230 e. The van der Waals surface area contributed by atoms with E-state index in [1.54, 1.807) is 4.90 Å². The Morgan fingerprint density at radius 1 is 1.11 bits per heavy atom. The fourth-order valence-electron chi connectivity index (χ4n) is 1.40. The Balaban J connectivity index is 2.10. The van der Waals surface area contributed by atoms with Crippen LogP contribution >= 0.6 is 11.6 Å². The van der Waals surface area contributed by atoms with Crippen LogP contribution in [0.4, 0.5) is 11.9 Å². The summed E-state index contributed by atoms with van der Waals surface area (Å²) < 4.78 is 0. The molecule has 0 saturated carbocycles. The molecule has 1 aromatic heterocycles. The second kappa shape index (κ2) is 5.64. The van der Waals surface area contributed by atoms with Gasteiger partial charge in [0.2, 0.25) is 17.2 Å². The quantitative estimate of drug-likeness (QED) is 0.917. The van der Waals surface area contributed by atoms with Crippen LogP contribution in [0.5, 0.6) is 0 Å². The van der Waals surface area contributed by atoms with E-state index < -0.39 is 0 Å². The number of aromatic nitrogens is 3. The first-order valence-corrected chi connectivity index (χ1v) is 5.89. The van der Waals surface area contributed by atoms with Crippen molar-refractivity contribution in [1.82, 2.24) is 15.0 Å². The average Bonchev–Trinajstić information content (AvgIpc) is 2.37. The second-order valence-electron chi connectivity index (χ2n) is 3.96. The van der Waals surface area contributed by atoms with Gasteiger partial charge in [-0.05, 0) is 17.2 Å². The Hall–Kier alpha value is -1.88. The lowest BCUT2D eigenvalue weighted by molar-refractivity contribution is 0.942. The number of nitrogens with zero attached hydrogens (tertiary/aromatic N) is 4. The van der Waals surface area contributed by atoms with Crippen LogP contribution in [0.25, 0.3) is 0 Å². The van der Waals surface area contributed by atoms with E-state index in [1.165, 1.54) is 0 Å². The van der Waals surface area contributed by atoms with Gasteiger partial charge in [-0.15, -0.1) is 0 Å². The molecule has 0 amide bonds. The topological polar surface area (TPSA) is 53.9 Å². The highest BCUT2D eigenvalue weighted by Gasteiger charge is 2.06. The molecule has 0 unspecified atom stereocenters. The number of hydrogen-bond donors (Lipinski definition) is 1. The minimum Gasteiger partial charge on any atom is -0.350 e. The predicted octanol–water partition coefficient (Wildman–Crippen LogP) is 2.20. The highest BCUT2D eigenvalue weighted by Crippen LogP contribution is 2.12. The third kappa shape index (κ3) is 3.30. The molecule has 0 aliphatic heterocycles. The second-order valence-corrected chi connectivity index (χ2v) is 4.30. The van der Waals surface area contributed by atoms with Crippen molar-refractivity contribution in [3.63, 3.8) is 0 Å². The summed E-state index contributed by atoms with van der Waals surface area (Å²) in [6.45, 7) is 0.647. The molecular formula is C12H14ClN5. The molecule has 0 aliphatic rings. The van der Waals surface area contributed by atoms with Crippen molar-refractivity contribution in [1.29, 1.82) is 0 Å². The molecule has 0 saturated heterocycles. The predicted molar refractivity (Wildman–Crippen MR) is 72.9 cm³/mol. The Kier molecular flexibility index (Phi) is 3.94. The monoisotopic (exact) mass is 263 g/mol. The first-order valence-electron chi connectivity index (χ1n) is 5.52. The number of halogens is 1. The summed E-state index contributed by atoms with van der Waals surface area (Å²) in [4.78, 5) is 14.1. The van der Waals surface area contributed by atoms with Gasteiger partial charge < -0.3 is 10.2 Å². The zero-order valence-electron chi connectivity index (χ0n) is 10.3. The molecule has 18 heavy (non-hydrogen) atoms. The third-order valence-corrected chi connectivity index (χ3v) is 2.46. The van der Waals surface area contributed by atoms with E-state index in [2.05, 4.69) is 20.3 Å². The minimum absolute atomic E-state index is 0.185. The molecule has 5 nitrogen and oxygen atoms in total. The molecule has 2 rings (SSSR count). The van der Waals surface area contributed by atoms with Crippen LogP contribution in [0.1, 0.15) is 5.56 Å². The molecule has 0 radical (unpaired) electrons. The van der Waals surface area contributed by atoms with Crippen LogP contribution in [0, 0.1) is 0 Å². The van der Waals surface area contributed by atoms with Gasteiger partial charge in [0.15, 0.2) is 0 Å². The fourth-order valence-corrected chi connectivity index (χ4v) is 1.55. The summed E-state index contributed by atoms with van der Waals surface area (Å²) in [5, 5.41) is 3.31. The van der Waals surface area contributed by atoms with Crippen molar-refractivity contribution in [3.8, 4) is 0 Å². The van der Waals surface area contributed by atoms with Gasteiger partial charge >= 0.3 is 0 Å². The zero-order chi connectivity index (χ0) is 13.0. The maximum Gasteiger partial charge on any atom is 0.230 e. The van der Waals surface area contributed by atoms with Crippen molar-refractivity contribution < 1.29 is 0 Å². The van der Waals surface area contributed by atoms with Crippen LogP contribution in [0.2, 0.25) is 5.28 Å². The minimum atomic E-state index is 0.185. The molecule has 0 fully saturated rings. The van der Waals surface area contributed by atoms with Gasteiger partial charge in [-0.1, -0.05) is 30.3 Å². The van der Waals surface area contributed by atoms with Gasteiger partial charge in [0.05, 0.1) is 0 Å². The lowest BCUT2D eigenvalue weighted by atomic mass is 10.2. The van der Waals surface area contributed by atoms with E-state index in [0.717, 1.165) is 5.56 Å². The Morgan fingerprint density at radius 3 is 2.50 bits per heavy atom. The lowest BCUT2D eigenvalue weighted by Crippen LogP contribution is -2.15. The van der Waals surface area contributed by atoms with Crippen molar-refractivity contribution in [3.05, 3.63) is 41.2 Å². The Bertz CT molecular complexity index is 515. The van der Waals surface area contributed by atoms with Crippen LogP contribution in [-0.4, -0.2) is 29.0 Å². The average molecular weight is 264 g/mol. The molecule has 94 valence electrons. The maximum absolute atomic E-state index is 5.85. The summed E-state index contributed by atoms with van der Waals surface area (Å²) >= 11 is 5.85. The Morgan fingerprint density at radius 2 is 1.83 bits per heavy atom. The molecule has 1 aromatic carbocycles. The summed E-state index contributed by atoms with van der Waals surface area (Å²) in [5.74, 6) is 1.01. The summed E-state index contributed by atoms with van der Waals surface area (Å²) in [7, 11) is 3.71. The molecule has 6 heteroatoms. The van der Waals surface area contributed by atoms with Crippen molar-refractivity contribution in [2.24, 2.45) is 0 Å². The third-order valence-electron chi connectivity index (χ3n) is 2.29. The van der Waals surface area contributed by atoms with Gasteiger partial charge in [0.25, 0.3) is 0 Å². The SMILES string of the molecule is CN(C)c1nc(Cl)nc(NCc2ccccc2)n1. The molecule has 0 bridgehead atoms. The highest BCUT2D eigenvalue weighted by molar-refractivity contribution is 6.28. The van der Waals surface area contributed by atoms with E-state index in [9.17, 15) is 0 Å². The number of benzene rings is 1. The normalized spacial score (nSPS) is 10.2. The number of rotatable bonds is 4. The molecule has 0 atom stereocenters. The maximum atomic E-state index is 5.85. The van der Waals surface area contributed by atoms with Crippen molar-refractivity contribution in [2.75, 3.05) is 24.3 Å². The van der Waals surface area contributed by atoms with E-state index in [0.29, 0.717) is 18.4 Å². The van der Waals surface area contributed by atoms with E-state index in [-0.39, 0.29) is 5.28 Å². The number of nitrogens with one attached hydrogen (secondary N) is 1. The van der Waals surface area contributed by atoms with E-state index in [4.69, 9.17) is 11.6 Å². The lowest BCUT2D eigenvalue weighted by Gasteiger charge is -2.11. The van der Waals surface area contributed by atoms with E-state index >= 15 is 0 Å². The fraction of sp³-hybridized carbons (Fsp3) is 0.250. The first-order chi connectivity index (χ1) is 8.65. The number of hydrogen-bond acceptors (Lipinski definition) is 5. The van der Waals surface area contributed by atoms with E-state index in [1.807, 2.05) is 44.4 Å². The zero-order valence-corrected chi connectivity index (χ0v) is 11.0. The molecule has 0 aliphatic carbocycles. The summed E-state index contributed by atoms with van der Waals surface area (Å²) in [6.07, 6.45) is 0. The van der Waals surface area contributed by atoms with Crippen molar-refractivity contribution in [2.45, 2.75) is 6.54 Å².